The van der Waals surface area contributed by atoms with E-state index in [0.717, 1.165) is 5.56 Å². The normalized spacial score (nSPS) is 9.58. The van der Waals surface area contributed by atoms with Crippen molar-refractivity contribution < 1.29 is 19.4 Å². The predicted molar refractivity (Wildman–Crippen MR) is 73.7 cm³/mol. The van der Waals surface area contributed by atoms with E-state index in [1.807, 2.05) is 12.1 Å². The molecule has 0 radical (unpaired) electrons. The van der Waals surface area contributed by atoms with Crippen molar-refractivity contribution in [2.45, 2.75) is 6.54 Å². The third-order valence-corrected chi connectivity index (χ3v) is 2.24. The Morgan fingerprint density at radius 2 is 2.21 bits per heavy atom. The number of aliphatic hydroxyl groups excluding tert-OH is 1. The summed E-state index contributed by atoms with van der Waals surface area (Å²) < 4.78 is 10.5. The number of aliphatic hydroxyl groups is 1. The summed E-state index contributed by atoms with van der Waals surface area (Å²) in [5.74, 6) is 0.485. The Bertz CT molecular complexity index is 401. The molecule has 0 bridgehead atoms. The molecule has 0 aromatic heterocycles. The molecule has 1 aromatic rings. The van der Waals surface area contributed by atoms with Crippen molar-refractivity contribution in [1.29, 1.82) is 0 Å². The lowest BCUT2D eigenvalue weighted by Crippen LogP contribution is -2.22. The highest BCUT2D eigenvalue weighted by molar-refractivity contribution is 5.85. The molecule has 0 heterocycles. The number of nitrogens with two attached hydrogens (primary N) is 1. The Hall–Kier alpha value is -1.50. The van der Waals surface area contributed by atoms with E-state index in [-0.39, 0.29) is 25.6 Å². The molecule has 0 fully saturated rings. The number of methoxy groups -OCH3 is 1. The monoisotopic (exact) mass is 290 g/mol. The highest BCUT2D eigenvalue weighted by atomic mass is 35.5. The molecule has 6 nitrogen and oxygen atoms in total. The SMILES string of the molecule is COc1cccc(CNCCO)c1OCC(N)=O.Cl. The fourth-order valence-electron chi connectivity index (χ4n) is 1.47. The van der Waals surface area contributed by atoms with Gasteiger partial charge in [0.25, 0.3) is 5.91 Å². The summed E-state index contributed by atoms with van der Waals surface area (Å²) in [6, 6.07) is 5.42. The summed E-state index contributed by atoms with van der Waals surface area (Å²) in [5, 5.41) is 11.7. The molecule has 0 spiro atoms. The van der Waals surface area contributed by atoms with Crippen molar-refractivity contribution in [2.75, 3.05) is 26.9 Å². The average Bonchev–Trinajstić information content (AvgIpc) is 2.37. The topological polar surface area (TPSA) is 93.8 Å². The molecular formula is C12H19ClN2O4. The van der Waals surface area contributed by atoms with Gasteiger partial charge < -0.3 is 25.6 Å². The molecular weight excluding hydrogens is 272 g/mol. The van der Waals surface area contributed by atoms with E-state index in [4.69, 9.17) is 20.3 Å². The van der Waals surface area contributed by atoms with Crippen molar-refractivity contribution in [2.24, 2.45) is 5.73 Å². The maximum Gasteiger partial charge on any atom is 0.255 e. The zero-order chi connectivity index (χ0) is 13.4. The van der Waals surface area contributed by atoms with E-state index < -0.39 is 5.91 Å². The van der Waals surface area contributed by atoms with Gasteiger partial charge in [0, 0.05) is 18.7 Å². The third kappa shape index (κ3) is 5.78. The van der Waals surface area contributed by atoms with Gasteiger partial charge in [0.2, 0.25) is 0 Å². The first kappa shape index (κ1) is 17.5. The second-order valence-corrected chi connectivity index (χ2v) is 3.60. The number of nitrogens with one attached hydrogen (secondary N) is 1. The standard InChI is InChI=1S/C12H18N2O4.ClH/c1-17-10-4-2-3-9(7-14-5-6-15)12(10)18-8-11(13)16;/h2-4,14-15H,5-8H2,1H3,(H2,13,16);1H. The number of hydrogen-bond acceptors (Lipinski definition) is 5. The molecule has 0 unspecified atom stereocenters. The molecule has 0 aliphatic heterocycles. The van der Waals surface area contributed by atoms with E-state index in [2.05, 4.69) is 5.32 Å². The van der Waals surface area contributed by atoms with Gasteiger partial charge in [0.05, 0.1) is 13.7 Å². The number of carbonyl (C=O) groups is 1. The third-order valence-electron chi connectivity index (χ3n) is 2.24. The van der Waals surface area contributed by atoms with Crippen LogP contribution in [-0.2, 0) is 11.3 Å². The first-order valence-electron chi connectivity index (χ1n) is 5.57. The molecule has 0 saturated heterocycles. The van der Waals surface area contributed by atoms with Crippen LogP contribution in [-0.4, -0.2) is 37.9 Å². The molecule has 4 N–H and O–H groups in total. The van der Waals surface area contributed by atoms with Crippen LogP contribution in [0.5, 0.6) is 11.5 Å². The lowest BCUT2D eigenvalue weighted by molar-refractivity contribution is -0.119. The minimum atomic E-state index is -0.546. The molecule has 0 aliphatic carbocycles. The van der Waals surface area contributed by atoms with Crippen LogP contribution in [0, 0.1) is 0 Å². The summed E-state index contributed by atoms with van der Waals surface area (Å²) >= 11 is 0. The first-order valence-corrected chi connectivity index (χ1v) is 5.57. The second kappa shape index (κ2) is 9.43. The molecule has 0 saturated carbocycles. The second-order valence-electron chi connectivity index (χ2n) is 3.60. The van der Waals surface area contributed by atoms with Crippen molar-refractivity contribution in [3.05, 3.63) is 23.8 Å². The maximum atomic E-state index is 10.8. The van der Waals surface area contributed by atoms with E-state index in [1.165, 1.54) is 7.11 Å². The zero-order valence-electron chi connectivity index (χ0n) is 10.7. The van der Waals surface area contributed by atoms with Gasteiger partial charge in [-0.2, -0.15) is 0 Å². The number of ether oxygens (including phenoxy) is 2. The molecule has 1 rings (SSSR count). The summed E-state index contributed by atoms with van der Waals surface area (Å²) in [6.07, 6.45) is 0. The number of rotatable bonds is 8. The molecule has 0 aliphatic rings. The predicted octanol–water partition coefficient (Wildman–Crippen LogP) is 0.0630. The fourth-order valence-corrected chi connectivity index (χ4v) is 1.47. The maximum absolute atomic E-state index is 10.8. The smallest absolute Gasteiger partial charge is 0.255 e. The van der Waals surface area contributed by atoms with E-state index in [0.29, 0.717) is 24.6 Å². The molecule has 19 heavy (non-hydrogen) atoms. The fraction of sp³-hybridized carbons (Fsp3) is 0.417. The van der Waals surface area contributed by atoms with Crippen molar-refractivity contribution >= 4 is 18.3 Å². The van der Waals surface area contributed by atoms with Crippen LogP contribution in [0.25, 0.3) is 0 Å². The molecule has 7 heteroatoms. The summed E-state index contributed by atoms with van der Waals surface area (Å²) in [6.45, 7) is 0.840. The number of benzene rings is 1. The minimum Gasteiger partial charge on any atom is -0.493 e. The summed E-state index contributed by atoms with van der Waals surface area (Å²) in [4.78, 5) is 10.8. The largest absolute Gasteiger partial charge is 0.493 e. The van der Waals surface area contributed by atoms with Gasteiger partial charge in [-0.05, 0) is 6.07 Å². The zero-order valence-corrected chi connectivity index (χ0v) is 11.5. The Kier molecular flexibility index (Phi) is 8.69. The number of amides is 1. The van der Waals surface area contributed by atoms with Gasteiger partial charge >= 0.3 is 0 Å². The van der Waals surface area contributed by atoms with Crippen LogP contribution in [0.4, 0.5) is 0 Å². The number of carbonyl (C=O) groups excluding carboxylic acids is 1. The highest BCUT2D eigenvalue weighted by Gasteiger charge is 2.11. The van der Waals surface area contributed by atoms with Gasteiger partial charge in [0.15, 0.2) is 18.1 Å². The Balaban J connectivity index is 0.00000324. The lowest BCUT2D eigenvalue weighted by atomic mass is 10.2. The molecule has 1 amide bonds. The Labute approximate surface area is 118 Å². The van der Waals surface area contributed by atoms with E-state index >= 15 is 0 Å². The average molecular weight is 291 g/mol. The van der Waals surface area contributed by atoms with Crippen LogP contribution in [0.2, 0.25) is 0 Å². The Morgan fingerprint density at radius 1 is 1.47 bits per heavy atom. The van der Waals surface area contributed by atoms with Crippen molar-refractivity contribution in [3.8, 4) is 11.5 Å². The van der Waals surface area contributed by atoms with Crippen molar-refractivity contribution in [1.82, 2.24) is 5.32 Å². The molecule has 0 atom stereocenters. The van der Waals surface area contributed by atoms with E-state index in [1.54, 1.807) is 6.07 Å². The molecule has 1 aromatic carbocycles. The number of hydrogen-bond donors (Lipinski definition) is 3. The van der Waals surface area contributed by atoms with Gasteiger partial charge in [-0.1, -0.05) is 12.1 Å². The Morgan fingerprint density at radius 3 is 2.79 bits per heavy atom. The summed E-state index contributed by atoms with van der Waals surface area (Å²) in [7, 11) is 1.53. The van der Waals surface area contributed by atoms with Crippen LogP contribution in [0.15, 0.2) is 18.2 Å². The molecule has 108 valence electrons. The number of para-hydroxylation sites is 1. The highest BCUT2D eigenvalue weighted by Crippen LogP contribution is 2.30. The lowest BCUT2D eigenvalue weighted by Gasteiger charge is -2.14. The quantitative estimate of drug-likeness (QED) is 0.589. The van der Waals surface area contributed by atoms with Gasteiger partial charge in [-0.15, -0.1) is 12.4 Å². The summed E-state index contributed by atoms with van der Waals surface area (Å²) in [5.41, 5.74) is 5.89. The first-order chi connectivity index (χ1) is 8.69. The minimum absolute atomic E-state index is 0. The van der Waals surface area contributed by atoms with Gasteiger partial charge in [-0.25, -0.2) is 0 Å². The number of halogens is 1. The van der Waals surface area contributed by atoms with Crippen LogP contribution < -0.4 is 20.5 Å². The van der Waals surface area contributed by atoms with Gasteiger partial charge in [0.1, 0.15) is 0 Å². The number of primary amides is 1. The van der Waals surface area contributed by atoms with E-state index in [9.17, 15) is 4.79 Å². The van der Waals surface area contributed by atoms with Gasteiger partial charge in [-0.3, -0.25) is 4.79 Å². The van der Waals surface area contributed by atoms with Crippen LogP contribution in [0.1, 0.15) is 5.56 Å². The van der Waals surface area contributed by atoms with Crippen molar-refractivity contribution in [3.63, 3.8) is 0 Å². The van der Waals surface area contributed by atoms with Crippen LogP contribution >= 0.6 is 12.4 Å². The van der Waals surface area contributed by atoms with Crippen LogP contribution in [0.3, 0.4) is 0 Å².